The van der Waals surface area contributed by atoms with Crippen LogP contribution in [0.2, 0.25) is 0 Å². The molecule has 0 aliphatic heterocycles. The van der Waals surface area contributed by atoms with Gasteiger partial charge in [0.1, 0.15) is 17.5 Å². The Morgan fingerprint density at radius 3 is 2.44 bits per heavy atom. The minimum absolute atomic E-state index is 0.175. The lowest BCUT2D eigenvalue weighted by Crippen LogP contribution is -2.16. The Hall–Kier alpha value is -2.35. The number of carbonyl (C=O) groups is 1. The lowest BCUT2D eigenvalue weighted by Gasteiger charge is -2.13. The summed E-state index contributed by atoms with van der Waals surface area (Å²) in [5.41, 5.74) is 4.79. The van der Waals surface area contributed by atoms with E-state index < -0.39 is 0 Å². The van der Waals surface area contributed by atoms with E-state index >= 15 is 0 Å². The Kier molecular flexibility index (Phi) is 5.15. The largest absolute Gasteiger partial charge is 0.490 e. The van der Waals surface area contributed by atoms with Crippen molar-refractivity contribution in [3.05, 3.63) is 68.9 Å². The standard InChI is InChI=1S/C21H19IN2O3/c1-2-26-21(25)20-18(22)19(23-24-20)13-7-9-16(10-8-13)27-17-11-14-5-3-4-6-15(14)12-17/h3-10,17H,2,11-12H2,1H3,(H,23,24). The van der Waals surface area contributed by atoms with E-state index in [2.05, 4.69) is 57.1 Å². The Balaban J connectivity index is 1.46. The summed E-state index contributed by atoms with van der Waals surface area (Å²) in [5.74, 6) is 0.453. The molecule has 0 saturated heterocycles. The van der Waals surface area contributed by atoms with E-state index in [1.807, 2.05) is 24.3 Å². The normalized spacial score (nSPS) is 13.4. The van der Waals surface area contributed by atoms with Crippen LogP contribution in [-0.4, -0.2) is 28.9 Å². The molecule has 138 valence electrons. The average Bonchev–Trinajstić information content (AvgIpc) is 3.25. The summed E-state index contributed by atoms with van der Waals surface area (Å²) >= 11 is 2.12. The molecule has 0 radical (unpaired) electrons. The lowest BCUT2D eigenvalue weighted by molar-refractivity contribution is 0.0518. The Bertz CT molecular complexity index is 941. The fourth-order valence-corrected chi connectivity index (χ4v) is 4.12. The number of halogens is 1. The van der Waals surface area contributed by atoms with Crippen LogP contribution in [-0.2, 0) is 17.6 Å². The SMILES string of the molecule is CCOC(=O)c1[nH]nc(-c2ccc(OC3Cc4ccccc4C3)cc2)c1I. The summed E-state index contributed by atoms with van der Waals surface area (Å²) in [6.45, 7) is 2.12. The molecule has 1 aliphatic rings. The predicted molar refractivity (Wildman–Crippen MR) is 111 cm³/mol. The van der Waals surface area contributed by atoms with Crippen molar-refractivity contribution in [2.75, 3.05) is 6.61 Å². The van der Waals surface area contributed by atoms with Gasteiger partial charge in [0.2, 0.25) is 0 Å². The van der Waals surface area contributed by atoms with Crippen molar-refractivity contribution in [3.8, 4) is 17.0 Å². The van der Waals surface area contributed by atoms with Crippen LogP contribution < -0.4 is 4.74 Å². The maximum Gasteiger partial charge on any atom is 0.357 e. The van der Waals surface area contributed by atoms with Gasteiger partial charge < -0.3 is 9.47 Å². The summed E-state index contributed by atoms with van der Waals surface area (Å²) in [4.78, 5) is 11.9. The molecule has 1 N–H and O–H groups in total. The highest BCUT2D eigenvalue weighted by Gasteiger charge is 2.23. The topological polar surface area (TPSA) is 64.2 Å². The Morgan fingerprint density at radius 2 is 1.81 bits per heavy atom. The summed E-state index contributed by atoms with van der Waals surface area (Å²) in [7, 11) is 0. The number of esters is 1. The number of nitrogens with zero attached hydrogens (tertiary/aromatic N) is 1. The van der Waals surface area contributed by atoms with Gasteiger partial charge in [-0.25, -0.2) is 4.79 Å². The number of rotatable bonds is 5. The van der Waals surface area contributed by atoms with Crippen LogP contribution >= 0.6 is 22.6 Å². The number of benzene rings is 2. The van der Waals surface area contributed by atoms with Crippen LogP contribution in [0.25, 0.3) is 11.3 Å². The van der Waals surface area contributed by atoms with Crippen molar-refractivity contribution >= 4 is 28.6 Å². The quantitative estimate of drug-likeness (QED) is 0.440. The van der Waals surface area contributed by atoms with Crippen molar-refractivity contribution in [2.24, 2.45) is 0 Å². The van der Waals surface area contributed by atoms with Gasteiger partial charge in [0.15, 0.2) is 5.69 Å². The van der Waals surface area contributed by atoms with Crippen molar-refractivity contribution < 1.29 is 14.3 Å². The number of nitrogens with one attached hydrogen (secondary N) is 1. The highest BCUT2D eigenvalue weighted by molar-refractivity contribution is 14.1. The first-order valence-electron chi connectivity index (χ1n) is 8.90. The van der Waals surface area contributed by atoms with E-state index in [1.54, 1.807) is 6.92 Å². The summed E-state index contributed by atoms with van der Waals surface area (Å²) in [6.07, 6.45) is 2.06. The van der Waals surface area contributed by atoms with Crippen LogP contribution in [0, 0.1) is 3.57 Å². The van der Waals surface area contributed by atoms with E-state index in [0.29, 0.717) is 12.3 Å². The Labute approximate surface area is 171 Å². The number of aromatic nitrogens is 2. The molecular formula is C21H19IN2O3. The molecule has 1 aliphatic carbocycles. The highest BCUT2D eigenvalue weighted by Crippen LogP contribution is 2.29. The van der Waals surface area contributed by atoms with Crippen LogP contribution in [0.3, 0.4) is 0 Å². The zero-order chi connectivity index (χ0) is 18.8. The second-order valence-corrected chi connectivity index (χ2v) is 7.50. The van der Waals surface area contributed by atoms with Gasteiger partial charge in [-0.05, 0) is 64.9 Å². The van der Waals surface area contributed by atoms with E-state index in [1.165, 1.54) is 11.1 Å². The number of fused-ring (bicyclic) bond motifs is 1. The molecule has 5 nitrogen and oxygen atoms in total. The van der Waals surface area contributed by atoms with E-state index in [-0.39, 0.29) is 12.1 Å². The second kappa shape index (κ2) is 7.72. The van der Waals surface area contributed by atoms with Gasteiger partial charge >= 0.3 is 5.97 Å². The van der Waals surface area contributed by atoms with Gasteiger partial charge in [-0.15, -0.1) is 0 Å². The molecular weight excluding hydrogens is 455 g/mol. The molecule has 4 rings (SSSR count). The molecule has 0 spiro atoms. The number of aromatic amines is 1. The zero-order valence-corrected chi connectivity index (χ0v) is 17.0. The van der Waals surface area contributed by atoms with E-state index in [0.717, 1.165) is 33.4 Å². The predicted octanol–water partition coefficient (Wildman–Crippen LogP) is 4.40. The van der Waals surface area contributed by atoms with Gasteiger partial charge in [0.25, 0.3) is 0 Å². The van der Waals surface area contributed by atoms with Gasteiger partial charge in [0.05, 0.1) is 10.2 Å². The number of hydrogen-bond donors (Lipinski definition) is 1. The number of carbonyl (C=O) groups excluding carboxylic acids is 1. The van der Waals surface area contributed by atoms with Crippen LogP contribution in [0.4, 0.5) is 0 Å². The fourth-order valence-electron chi connectivity index (χ4n) is 3.34. The molecule has 2 aromatic carbocycles. The number of ether oxygens (including phenoxy) is 2. The molecule has 1 aromatic heterocycles. The van der Waals surface area contributed by atoms with E-state index in [4.69, 9.17) is 9.47 Å². The monoisotopic (exact) mass is 474 g/mol. The van der Waals surface area contributed by atoms with Gasteiger partial charge in [0, 0.05) is 18.4 Å². The average molecular weight is 474 g/mol. The van der Waals surface area contributed by atoms with Crippen molar-refractivity contribution in [2.45, 2.75) is 25.9 Å². The fraction of sp³-hybridized carbons (Fsp3) is 0.238. The Morgan fingerprint density at radius 1 is 1.15 bits per heavy atom. The third-order valence-corrected chi connectivity index (χ3v) is 5.68. The number of hydrogen-bond acceptors (Lipinski definition) is 4. The molecule has 6 heteroatoms. The van der Waals surface area contributed by atoms with E-state index in [9.17, 15) is 4.79 Å². The van der Waals surface area contributed by atoms with Crippen molar-refractivity contribution in [3.63, 3.8) is 0 Å². The van der Waals surface area contributed by atoms with Crippen LogP contribution in [0.15, 0.2) is 48.5 Å². The first-order valence-corrected chi connectivity index (χ1v) is 9.98. The van der Waals surface area contributed by atoms with Crippen LogP contribution in [0.5, 0.6) is 5.75 Å². The lowest BCUT2D eigenvalue weighted by atomic mass is 10.1. The maximum absolute atomic E-state index is 11.9. The summed E-state index contributed by atoms with van der Waals surface area (Å²) in [5, 5.41) is 7.05. The summed E-state index contributed by atoms with van der Waals surface area (Å²) < 4.78 is 11.9. The van der Waals surface area contributed by atoms with Gasteiger partial charge in [-0.3, -0.25) is 5.10 Å². The molecule has 0 bridgehead atoms. The minimum atomic E-state index is -0.388. The van der Waals surface area contributed by atoms with Crippen molar-refractivity contribution in [1.29, 1.82) is 0 Å². The highest BCUT2D eigenvalue weighted by atomic mass is 127. The first-order chi connectivity index (χ1) is 13.2. The molecule has 0 amide bonds. The molecule has 0 saturated carbocycles. The van der Waals surface area contributed by atoms with Gasteiger partial charge in [-0.2, -0.15) is 5.10 Å². The summed E-state index contributed by atoms with van der Waals surface area (Å²) in [6, 6.07) is 16.3. The molecule has 0 unspecified atom stereocenters. The van der Waals surface area contributed by atoms with Crippen LogP contribution in [0.1, 0.15) is 28.5 Å². The number of H-pyrrole nitrogens is 1. The minimum Gasteiger partial charge on any atom is -0.490 e. The molecule has 3 aromatic rings. The third kappa shape index (κ3) is 3.71. The molecule has 1 heterocycles. The second-order valence-electron chi connectivity index (χ2n) is 6.42. The molecule has 27 heavy (non-hydrogen) atoms. The third-order valence-electron chi connectivity index (χ3n) is 4.63. The first kappa shape index (κ1) is 18.0. The van der Waals surface area contributed by atoms with Gasteiger partial charge in [-0.1, -0.05) is 24.3 Å². The zero-order valence-electron chi connectivity index (χ0n) is 14.9. The molecule has 0 atom stereocenters. The van der Waals surface area contributed by atoms with Crippen molar-refractivity contribution in [1.82, 2.24) is 10.2 Å². The molecule has 0 fully saturated rings. The smallest absolute Gasteiger partial charge is 0.357 e. The maximum atomic E-state index is 11.9.